The molecule has 2 N–H and O–H groups in total. The van der Waals surface area contributed by atoms with Gasteiger partial charge in [0, 0.05) is 12.6 Å². The van der Waals surface area contributed by atoms with Crippen molar-refractivity contribution in [3.8, 4) is 0 Å². The van der Waals surface area contributed by atoms with Crippen LogP contribution in [0.4, 0.5) is 11.4 Å². The zero-order chi connectivity index (χ0) is 12.2. The third kappa shape index (κ3) is 2.48. The van der Waals surface area contributed by atoms with Crippen LogP contribution in [0.2, 0.25) is 0 Å². The Morgan fingerprint density at radius 2 is 1.61 bits per heavy atom. The molecule has 1 heterocycles. The first-order valence-electron chi connectivity index (χ1n) is 6.55. The fourth-order valence-electron chi connectivity index (χ4n) is 2.43. The van der Waals surface area contributed by atoms with Crippen molar-refractivity contribution in [3.63, 3.8) is 0 Å². The second-order valence-electron chi connectivity index (χ2n) is 4.79. The van der Waals surface area contributed by atoms with Crippen molar-refractivity contribution in [2.45, 2.75) is 18.9 Å². The van der Waals surface area contributed by atoms with Crippen molar-refractivity contribution in [1.29, 1.82) is 0 Å². The summed E-state index contributed by atoms with van der Waals surface area (Å²) in [6.45, 7) is 1.00. The minimum Gasteiger partial charge on any atom is -0.381 e. The van der Waals surface area contributed by atoms with Crippen LogP contribution in [0, 0.1) is 0 Å². The summed E-state index contributed by atoms with van der Waals surface area (Å²) in [5, 5.41) is 7.09. The number of anilines is 2. The van der Waals surface area contributed by atoms with Crippen LogP contribution < -0.4 is 10.6 Å². The number of aryl methyl sites for hydroxylation is 1. The predicted molar refractivity (Wildman–Crippen MR) is 77.1 cm³/mol. The number of para-hydroxylation sites is 2. The van der Waals surface area contributed by atoms with Gasteiger partial charge in [0.05, 0.1) is 11.4 Å². The van der Waals surface area contributed by atoms with Gasteiger partial charge in [0.1, 0.15) is 0 Å². The van der Waals surface area contributed by atoms with Crippen LogP contribution in [0.5, 0.6) is 0 Å². The number of fused-ring (bicyclic) bond motifs is 1. The van der Waals surface area contributed by atoms with E-state index in [9.17, 15) is 0 Å². The molecule has 2 aromatic rings. The van der Waals surface area contributed by atoms with Gasteiger partial charge >= 0.3 is 0 Å². The molecule has 3 rings (SSSR count). The fraction of sp³-hybridized carbons (Fsp3) is 0.250. The maximum atomic E-state index is 3.60. The molecule has 1 atom stereocenters. The van der Waals surface area contributed by atoms with E-state index in [1.807, 2.05) is 0 Å². The molecular formula is C16H18N2. The lowest BCUT2D eigenvalue weighted by Gasteiger charge is -2.28. The van der Waals surface area contributed by atoms with E-state index >= 15 is 0 Å². The lowest BCUT2D eigenvalue weighted by molar-refractivity contribution is 0.668. The molecule has 0 bridgehead atoms. The molecule has 1 aliphatic heterocycles. The third-order valence-electron chi connectivity index (χ3n) is 3.45. The van der Waals surface area contributed by atoms with E-state index in [0.29, 0.717) is 6.04 Å². The number of benzene rings is 2. The zero-order valence-electron chi connectivity index (χ0n) is 10.4. The fourth-order valence-corrected chi connectivity index (χ4v) is 2.43. The Labute approximate surface area is 108 Å². The van der Waals surface area contributed by atoms with E-state index in [-0.39, 0.29) is 0 Å². The summed E-state index contributed by atoms with van der Waals surface area (Å²) in [4.78, 5) is 0. The molecule has 2 heteroatoms. The number of hydrogen-bond acceptors (Lipinski definition) is 2. The summed E-state index contributed by atoms with van der Waals surface area (Å²) < 4.78 is 0. The molecule has 0 radical (unpaired) electrons. The summed E-state index contributed by atoms with van der Waals surface area (Å²) in [5.41, 5.74) is 3.86. The molecule has 18 heavy (non-hydrogen) atoms. The molecule has 0 aliphatic carbocycles. The average molecular weight is 238 g/mol. The normalized spacial score (nSPS) is 17.4. The average Bonchev–Trinajstić information content (AvgIpc) is 2.46. The van der Waals surface area contributed by atoms with E-state index in [1.165, 1.54) is 16.9 Å². The summed E-state index contributed by atoms with van der Waals surface area (Å²) in [7, 11) is 0. The van der Waals surface area contributed by atoms with Gasteiger partial charge in [0.2, 0.25) is 0 Å². The van der Waals surface area contributed by atoms with Gasteiger partial charge in [-0.25, -0.2) is 0 Å². The maximum Gasteiger partial charge on any atom is 0.0578 e. The molecule has 0 amide bonds. The monoisotopic (exact) mass is 238 g/mol. The molecule has 2 nitrogen and oxygen atoms in total. The van der Waals surface area contributed by atoms with E-state index in [2.05, 4.69) is 65.2 Å². The first-order chi connectivity index (χ1) is 8.92. The van der Waals surface area contributed by atoms with Crippen LogP contribution in [-0.2, 0) is 6.42 Å². The molecule has 1 aliphatic rings. The van der Waals surface area contributed by atoms with Crippen LogP contribution >= 0.6 is 0 Å². The summed E-state index contributed by atoms with van der Waals surface area (Å²) in [6, 6.07) is 19.6. The van der Waals surface area contributed by atoms with Crippen LogP contribution in [0.3, 0.4) is 0 Å². The smallest absolute Gasteiger partial charge is 0.0578 e. The van der Waals surface area contributed by atoms with Crippen molar-refractivity contribution < 1.29 is 0 Å². The van der Waals surface area contributed by atoms with Crippen molar-refractivity contribution in [3.05, 3.63) is 60.2 Å². The molecule has 92 valence electrons. The number of rotatable bonds is 3. The third-order valence-corrected chi connectivity index (χ3v) is 3.45. The summed E-state index contributed by atoms with van der Waals surface area (Å²) in [5.74, 6) is 0. The highest BCUT2D eigenvalue weighted by atomic mass is 15.1. The highest BCUT2D eigenvalue weighted by Crippen LogP contribution is 2.26. The SMILES string of the molecule is c1ccc(CC[C@H]2CNc3ccccc3N2)cc1. The highest BCUT2D eigenvalue weighted by molar-refractivity contribution is 5.70. The molecule has 0 saturated carbocycles. The van der Waals surface area contributed by atoms with E-state index in [0.717, 1.165) is 19.4 Å². The second kappa shape index (κ2) is 5.13. The quantitative estimate of drug-likeness (QED) is 0.855. The van der Waals surface area contributed by atoms with Gasteiger partial charge < -0.3 is 10.6 Å². The van der Waals surface area contributed by atoms with Gasteiger partial charge in [0.15, 0.2) is 0 Å². The van der Waals surface area contributed by atoms with Gasteiger partial charge in [-0.15, -0.1) is 0 Å². The molecule has 2 aromatic carbocycles. The Hall–Kier alpha value is -1.96. The minimum absolute atomic E-state index is 0.514. The van der Waals surface area contributed by atoms with Crippen LogP contribution in [-0.4, -0.2) is 12.6 Å². The Morgan fingerprint density at radius 3 is 2.44 bits per heavy atom. The van der Waals surface area contributed by atoms with E-state index in [4.69, 9.17) is 0 Å². The predicted octanol–water partition coefficient (Wildman–Crippen LogP) is 3.53. The van der Waals surface area contributed by atoms with Gasteiger partial charge in [-0.2, -0.15) is 0 Å². The lowest BCUT2D eigenvalue weighted by Crippen LogP contribution is -2.33. The second-order valence-corrected chi connectivity index (χ2v) is 4.79. The minimum atomic E-state index is 0.514. The first kappa shape index (κ1) is 11.1. The lowest BCUT2D eigenvalue weighted by atomic mass is 10.0. The van der Waals surface area contributed by atoms with Crippen LogP contribution in [0.25, 0.3) is 0 Å². The molecule has 0 spiro atoms. The molecule has 0 fully saturated rings. The van der Waals surface area contributed by atoms with Gasteiger partial charge in [-0.05, 0) is 30.5 Å². The van der Waals surface area contributed by atoms with Crippen LogP contribution in [0.1, 0.15) is 12.0 Å². The molecule has 0 unspecified atom stereocenters. The number of hydrogen-bond donors (Lipinski definition) is 2. The largest absolute Gasteiger partial charge is 0.381 e. The standard InChI is InChI=1S/C16H18N2/c1-2-6-13(7-3-1)10-11-14-12-17-15-8-4-5-9-16(15)18-14/h1-9,14,17-18H,10-12H2/t14-/m0/s1. The van der Waals surface area contributed by atoms with Gasteiger partial charge in [-0.3, -0.25) is 0 Å². The Kier molecular flexibility index (Phi) is 3.18. The van der Waals surface area contributed by atoms with Gasteiger partial charge in [-0.1, -0.05) is 42.5 Å². The molecular weight excluding hydrogens is 220 g/mol. The summed E-state index contributed by atoms with van der Waals surface area (Å²) >= 11 is 0. The van der Waals surface area contributed by atoms with E-state index in [1.54, 1.807) is 0 Å². The van der Waals surface area contributed by atoms with Crippen LogP contribution in [0.15, 0.2) is 54.6 Å². The Bertz CT molecular complexity index is 508. The summed E-state index contributed by atoms with van der Waals surface area (Å²) in [6.07, 6.45) is 2.29. The number of nitrogens with one attached hydrogen (secondary N) is 2. The zero-order valence-corrected chi connectivity index (χ0v) is 10.4. The first-order valence-corrected chi connectivity index (χ1v) is 6.55. The maximum absolute atomic E-state index is 3.60. The van der Waals surface area contributed by atoms with E-state index < -0.39 is 0 Å². The Morgan fingerprint density at radius 1 is 0.889 bits per heavy atom. The Balaban J connectivity index is 1.60. The topological polar surface area (TPSA) is 24.1 Å². The van der Waals surface area contributed by atoms with Crippen molar-refractivity contribution in [2.24, 2.45) is 0 Å². The van der Waals surface area contributed by atoms with Gasteiger partial charge in [0.25, 0.3) is 0 Å². The van der Waals surface area contributed by atoms with Crippen molar-refractivity contribution in [2.75, 3.05) is 17.2 Å². The highest BCUT2D eigenvalue weighted by Gasteiger charge is 2.15. The molecule has 0 aromatic heterocycles. The molecule has 0 saturated heterocycles. The van der Waals surface area contributed by atoms with Crippen molar-refractivity contribution >= 4 is 11.4 Å². The van der Waals surface area contributed by atoms with Crippen molar-refractivity contribution in [1.82, 2.24) is 0 Å².